The Kier molecular flexibility index (Phi) is 56.4. The third-order valence-electron chi connectivity index (χ3n) is 19.3. The molecule has 0 saturated carbocycles. The molecule has 14 heteroatoms. The molecule has 524 valence electrons. The predicted molar refractivity (Wildman–Crippen MR) is 360 cm³/mol. The molecule has 12 unspecified atom stereocenters. The molecule has 88 heavy (non-hydrogen) atoms. The Hall–Kier alpha value is -1.01. The van der Waals surface area contributed by atoms with E-state index in [9.17, 15) is 45.6 Å². The molecule has 0 bridgehead atoms. The fourth-order valence-electron chi connectivity index (χ4n) is 13.2. The highest BCUT2D eigenvalue weighted by molar-refractivity contribution is 5.76. The number of rotatable bonds is 65. The van der Waals surface area contributed by atoms with E-state index in [2.05, 4.69) is 19.2 Å². The van der Waals surface area contributed by atoms with Crippen molar-refractivity contribution in [2.75, 3.05) is 19.8 Å². The van der Waals surface area contributed by atoms with E-state index in [1.165, 1.54) is 295 Å². The van der Waals surface area contributed by atoms with Crippen molar-refractivity contribution in [3.63, 3.8) is 0 Å². The van der Waals surface area contributed by atoms with Crippen LogP contribution in [0, 0.1) is 0 Å². The van der Waals surface area contributed by atoms with Crippen molar-refractivity contribution in [2.45, 2.75) is 447 Å². The normalized spacial score (nSPS) is 23.0. The monoisotopic (exact) mass is 1260 g/mol. The summed E-state index contributed by atoms with van der Waals surface area (Å²) in [5, 5.41) is 87.8. The minimum atomic E-state index is -1.78. The summed E-state index contributed by atoms with van der Waals surface area (Å²) in [5.74, 6) is -0.196. The Morgan fingerprint density at radius 3 is 0.966 bits per heavy atom. The minimum Gasteiger partial charge on any atom is -0.394 e. The van der Waals surface area contributed by atoms with Crippen LogP contribution in [-0.2, 0) is 23.7 Å². The molecule has 12 atom stereocenters. The molecule has 14 nitrogen and oxygen atoms in total. The van der Waals surface area contributed by atoms with Crippen LogP contribution in [0.1, 0.15) is 373 Å². The van der Waals surface area contributed by atoms with Gasteiger partial charge in [0, 0.05) is 6.42 Å². The molecule has 2 rings (SSSR count). The van der Waals surface area contributed by atoms with E-state index in [0.717, 1.165) is 51.4 Å². The fourth-order valence-corrected chi connectivity index (χ4v) is 13.2. The summed E-state index contributed by atoms with van der Waals surface area (Å²) in [5.41, 5.74) is 0. The van der Waals surface area contributed by atoms with Gasteiger partial charge in [0.25, 0.3) is 0 Å². The number of unbranched alkanes of at least 4 members (excludes halogenated alkanes) is 52. The SMILES string of the molecule is CCCCCCCCCCCCCCCCCCCCCCCCCCCCCCCC(=O)NC(COC1OC(CO)C(OC2OC(CO)C(O)C(O)C2O)C(O)C1O)C(O)CCCCCCCCCCCCCCCCCCCCCCCCCCC. The first-order valence-electron chi connectivity index (χ1n) is 38.3. The lowest BCUT2D eigenvalue weighted by atomic mass is 9.97. The van der Waals surface area contributed by atoms with Crippen molar-refractivity contribution in [3.8, 4) is 0 Å². The Labute approximate surface area is 540 Å². The maximum absolute atomic E-state index is 13.4. The van der Waals surface area contributed by atoms with Crippen LogP contribution in [0.2, 0.25) is 0 Å². The zero-order valence-corrected chi connectivity index (χ0v) is 57.3. The molecule has 0 aliphatic carbocycles. The lowest BCUT2D eigenvalue weighted by Gasteiger charge is -2.46. The van der Waals surface area contributed by atoms with E-state index in [0.29, 0.717) is 12.8 Å². The molecular formula is C74H145NO13. The maximum atomic E-state index is 13.4. The van der Waals surface area contributed by atoms with Gasteiger partial charge < -0.3 is 65.1 Å². The van der Waals surface area contributed by atoms with Gasteiger partial charge >= 0.3 is 0 Å². The zero-order chi connectivity index (χ0) is 63.8. The van der Waals surface area contributed by atoms with Crippen LogP contribution in [-0.4, -0.2) is 140 Å². The number of aliphatic hydroxyl groups excluding tert-OH is 8. The number of hydrogen-bond donors (Lipinski definition) is 9. The fraction of sp³-hybridized carbons (Fsp3) is 0.986. The molecule has 2 heterocycles. The minimum absolute atomic E-state index is 0.196. The van der Waals surface area contributed by atoms with Crippen molar-refractivity contribution in [3.05, 3.63) is 0 Å². The van der Waals surface area contributed by atoms with E-state index < -0.39 is 86.8 Å². The van der Waals surface area contributed by atoms with Crippen molar-refractivity contribution in [1.82, 2.24) is 5.32 Å². The summed E-state index contributed by atoms with van der Waals surface area (Å²) < 4.78 is 23.0. The molecule has 9 N–H and O–H groups in total. The highest BCUT2D eigenvalue weighted by Crippen LogP contribution is 2.30. The van der Waals surface area contributed by atoms with E-state index in [4.69, 9.17) is 18.9 Å². The van der Waals surface area contributed by atoms with Crippen LogP contribution >= 0.6 is 0 Å². The van der Waals surface area contributed by atoms with E-state index >= 15 is 0 Å². The molecule has 0 spiro atoms. The van der Waals surface area contributed by atoms with Gasteiger partial charge in [-0.3, -0.25) is 4.79 Å². The summed E-state index contributed by atoms with van der Waals surface area (Å²) in [6, 6.07) is -0.825. The Bertz CT molecular complexity index is 1480. The summed E-state index contributed by atoms with van der Waals surface area (Å²) in [6.07, 6.45) is 55.6. The number of aliphatic hydroxyl groups is 8. The van der Waals surface area contributed by atoms with Gasteiger partial charge in [0.15, 0.2) is 12.6 Å². The number of nitrogens with one attached hydrogen (secondary N) is 1. The van der Waals surface area contributed by atoms with Gasteiger partial charge in [-0.2, -0.15) is 0 Å². The first kappa shape index (κ1) is 83.1. The number of hydrogen-bond acceptors (Lipinski definition) is 13. The van der Waals surface area contributed by atoms with Crippen molar-refractivity contribution in [1.29, 1.82) is 0 Å². The van der Waals surface area contributed by atoms with Gasteiger partial charge in [-0.1, -0.05) is 354 Å². The van der Waals surface area contributed by atoms with Crippen LogP contribution in [0.25, 0.3) is 0 Å². The lowest BCUT2D eigenvalue weighted by Crippen LogP contribution is -2.65. The summed E-state index contributed by atoms with van der Waals surface area (Å²) >= 11 is 0. The van der Waals surface area contributed by atoms with Crippen LogP contribution < -0.4 is 5.32 Å². The molecule has 0 aromatic rings. The quantitative estimate of drug-likeness (QED) is 0.0259. The van der Waals surface area contributed by atoms with Crippen molar-refractivity contribution < 1.29 is 64.6 Å². The molecule has 0 radical (unpaired) electrons. The van der Waals surface area contributed by atoms with Gasteiger partial charge in [0.05, 0.1) is 32.0 Å². The summed E-state index contributed by atoms with van der Waals surface area (Å²) in [4.78, 5) is 13.4. The van der Waals surface area contributed by atoms with Gasteiger partial charge in [-0.05, 0) is 12.8 Å². The van der Waals surface area contributed by atoms with Crippen molar-refractivity contribution >= 4 is 5.91 Å². The number of amides is 1. The van der Waals surface area contributed by atoms with Gasteiger partial charge in [0.1, 0.15) is 48.8 Å². The molecule has 0 aromatic heterocycles. The smallest absolute Gasteiger partial charge is 0.220 e. The Morgan fingerprint density at radius 1 is 0.364 bits per heavy atom. The third-order valence-corrected chi connectivity index (χ3v) is 19.3. The van der Waals surface area contributed by atoms with Gasteiger partial charge in [0.2, 0.25) is 5.91 Å². The van der Waals surface area contributed by atoms with E-state index in [1.54, 1.807) is 0 Å². The highest BCUT2D eigenvalue weighted by atomic mass is 16.7. The van der Waals surface area contributed by atoms with Gasteiger partial charge in [-0.15, -0.1) is 0 Å². The topological polar surface area (TPSA) is 228 Å². The first-order valence-corrected chi connectivity index (χ1v) is 38.3. The molecular weight excluding hydrogens is 1110 g/mol. The highest BCUT2D eigenvalue weighted by Gasteiger charge is 2.51. The van der Waals surface area contributed by atoms with Crippen molar-refractivity contribution in [2.24, 2.45) is 0 Å². The Balaban J connectivity index is 1.62. The predicted octanol–water partition coefficient (Wildman–Crippen LogP) is 16.4. The Morgan fingerprint density at radius 2 is 0.648 bits per heavy atom. The molecule has 0 aromatic carbocycles. The number of carbonyl (C=O) groups excluding carboxylic acids is 1. The second-order valence-electron chi connectivity index (χ2n) is 27.5. The third kappa shape index (κ3) is 43.1. The average Bonchev–Trinajstić information content (AvgIpc) is 2.07. The molecule has 2 saturated heterocycles. The van der Waals surface area contributed by atoms with E-state index in [1.807, 2.05) is 0 Å². The summed E-state index contributed by atoms with van der Waals surface area (Å²) in [7, 11) is 0. The second kappa shape index (κ2) is 59.7. The van der Waals surface area contributed by atoms with Crippen LogP contribution in [0.5, 0.6) is 0 Å². The van der Waals surface area contributed by atoms with E-state index in [-0.39, 0.29) is 12.5 Å². The lowest BCUT2D eigenvalue weighted by molar-refractivity contribution is -0.359. The molecule has 2 fully saturated rings. The molecule has 1 amide bonds. The largest absolute Gasteiger partial charge is 0.394 e. The van der Waals surface area contributed by atoms with Crippen LogP contribution in [0.3, 0.4) is 0 Å². The number of ether oxygens (including phenoxy) is 4. The zero-order valence-electron chi connectivity index (χ0n) is 57.3. The molecule has 2 aliphatic heterocycles. The van der Waals surface area contributed by atoms with Crippen LogP contribution in [0.15, 0.2) is 0 Å². The standard InChI is InChI=1S/C74H145NO13/c1-3-5-7-9-11-13-15-17-19-21-23-25-27-29-30-31-32-34-36-38-40-42-44-46-48-50-52-54-56-58-66(79)75-62(61-85-73-71(84)69(82)72(65(60-77)87-73)88-74-70(83)68(81)67(80)64(59-76)86-74)63(78)57-55-53-51-49-47-45-43-41-39-37-35-33-28-26-24-22-20-18-16-14-12-10-8-6-4-2/h62-65,67-74,76-78,80-84H,3-61H2,1-2H3,(H,75,79). The van der Waals surface area contributed by atoms with Crippen LogP contribution in [0.4, 0.5) is 0 Å². The van der Waals surface area contributed by atoms with Gasteiger partial charge in [-0.25, -0.2) is 0 Å². The second-order valence-corrected chi connectivity index (χ2v) is 27.5. The first-order chi connectivity index (χ1) is 43.1. The molecule has 2 aliphatic rings. The number of carbonyl (C=O) groups is 1. The average molecular weight is 1260 g/mol. The summed E-state index contributed by atoms with van der Waals surface area (Å²) in [6.45, 7) is 2.94. The maximum Gasteiger partial charge on any atom is 0.220 e.